The number of sulfonamides is 1. The van der Waals surface area contributed by atoms with E-state index in [9.17, 15) is 8.42 Å². The molecule has 2 saturated heterocycles. The normalized spacial score (nSPS) is 38.5. The van der Waals surface area contributed by atoms with Gasteiger partial charge in [0.1, 0.15) is 0 Å². The Kier molecular flexibility index (Phi) is 2.96. The molecule has 3 aliphatic rings. The first kappa shape index (κ1) is 11.9. The van der Waals surface area contributed by atoms with Crippen LogP contribution in [0.5, 0.6) is 0 Å². The zero-order chi connectivity index (χ0) is 12.0. The first-order valence-corrected chi connectivity index (χ1v) is 8.43. The van der Waals surface area contributed by atoms with E-state index in [4.69, 9.17) is 0 Å². The number of nitrogens with zero attached hydrogens (tertiary/aromatic N) is 1. The Balaban J connectivity index is 1.77. The smallest absolute Gasteiger partial charge is 0.214 e. The van der Waals surface area contributed by atoms with E-state index in [2.05, 4.69) is 12.2 Å². The average molecular weight is 258 g/mol. The molecular weight excluding hydrogens is 236 g/mol. The van der Waals surface area contributed by atoms with Crippen molar-refractivity contribution in [1.82, 2.24) is 9.62 Å². The molecule has 2 aliphatic heterocycles. The van der Waals surface area contributed by atoms with E-state index in [1.165, 1.54) is 0 Å². The summed E-state index contributed by atoms with van der Waals surface area (Å²) in [6.45, 7) is 4.87. The van der Waals surface area contributed by atoms with E-state index in [0.717, 1.165) is 38.9 Å². The van der Waals surface area contributed by atoms with Crippen molar-refractivity contribution in [2.45, 2.75) is 32.2 Å². The summed E-state index contributed by atoms with van der Waals surface area (Å²) in [6, 6.07) is 0.249. The van der Waals surface area contributed by atoms with Crippen LogP contribution in [0.15, 0.2) is 0 Å². The molecule has 0 aromatic carbocycles. The van der Waals surface area contributed by atoms with Gasteiger partial charge in [-0.15, -0.1) is 0 Å². The lowest BCUT2D eigenvalue weighted by Crippen LogP contribution is -2.41. The van der Waals surface area contributed by atoms with Crippen LogP contribution in [0, 0.1) is 17.8 Å². The zero-order valence-electron chi connectivity index (χ0n) is 10.4. The Hall–Kier alpha value is -0.130. The fourth-order valence-electron chi connectivity index (χ4n) is 3.49. The molecule has 98 valence electrons. The minimum absolute atomic E-state index is 0.249. The molecule has 3 atom stereocenters. The molecule has 3 rings (SSSR count). The second-order valence-corrected chi connectivity index (χ2v) is 7.82. The van der Waals surface area contributed by atoms with Crippen LogP contribution < -0.4 is 5.32 Å². The van der Waals surface area contributed by atoms with Crippen molar-refractivity contribution < 1.29 is 8.42 Å². The fraction of sp³-hybridized carbons (Fsp3) is 1.00. The van der Waals surface area contributed by atoms with Crippen LogP contribution in [0.25, 0.3) is 0 Å². The third-order valence-electron chi connectivity index (χ3n) is 4.59. The van der Waals surface area contributed by atoms with Crippen LogP contribution in [-0.2, 0) is 10.0 Å². The molecule has 0 spiro atoms. The molecule has 1 saturated carbocycles. The molecule has 0 bridgehead atoms. The molecule has 0 aromatic rings. The molecule has 0 amide bonds. The van der Waals surface area contributed by atoms with E-state index in [-0.39, 0.29) is 6.04 Å². The number of hydrogen-bond donors (Lipinski definition) is 1. The summed E-state index contributed by atoms with van der Waals surface area (Å²) in [4.78, 5) is 0. The quantitative estimate of drug-likeness (QED) is 0.806. The summed E-state index contributed by atoms with van der Waals surface area (Å²) < 4.78 is 26.6. The SMILES string of the molecule is CCC1C2CNCC2CN1S(=O)(=O)CC1CC1. The Morgan fingerprint density at radius 1 is 1.29 bits per heavy atom. The van der Waals surface area contributed by atoms with Crippen LogP contribution in [0.4, 0.5) is 0 Å². The van der Waals surface area contributed by atoms with Crippen molar-refractivity contribution in [3.05, 3.63) is 0 Å². The van der Waals surface area contributed by atoms with Gasteiger partial charge in [-0.1, -0.05) is 6.92 Å². The molecule has 5 heteroatoms. The topological polar surface area (TPSA) is 49.4 Å². The van der Waals surface area contributed by atoms with Crippen molar-refractivity contribution in [1.29, 1.82) is 0 Å². The molecule has 0 radical (unpaired) electrons. The van der Waals surface area contributed by atoms with E-state index >= 15 is 0 Å². The maximum absolute atomic E-state index is 12.4. The van der Waals surface area contributed by atoms with Crippen molar-refractivity contribution in [3.63, 3.8) is 0 Å². The molecule has 3 unspecified atom stereocenters. The summed E-state index contributed by atoms with van der Waals surface area (Å²) in [5.41, 5.74) is 0. The molecule has 3 fully saturated rings. The second kappa shape index (κ2) is 4.21. The predicted molar refractivity (Wildman–Crippen MR) is 67.1 cm³/mol. The third kappa shape index (κ3) is 2.13. The van der Waals surface area contributed by atoms with Crippen molar-refractivity contribution >= 4 is 10.0 Å². The minimum atomic E-state index is -2.99. The van der Waals surface area contributed by atoms with Crippen molar-refractivity contribution in [3.8, 4) is 0 Å². The molecule has 0 aromatic heterocycles. The molecule has 1 N–H and O–H groups in total. The van der Waals surface area contributed by atoms with Gasteiger partial charge >= 0.3 is 0 Å². The Morgan fingerprint density at radius 2 is 2.06 bits per heavy atom. The Labute approximate surface area is 104 Å². The predicted octanol–water partition coefficient (Wildman–Crippen LogP) is 0.656. The Bertz CT molecular complexity index is 391. The van der Waals surface area contributed by atoms with Crippen LogP contribution >= 0.6 is 0 Å². The molecule has 17 heavy (non-hydrogen) atoms. The van der Waals surface area contributed by atoms with Crippen molar-refractivity contribution in [2.24, 2.45) is 17.8 Å². The van der Waals surface area contributed by atoms with Gasteiger partial charge in [0.2, 0.25) is 10.0 Å². The summed E-state index contributed by atoms with van der Waals surface area (Å²) in [5, 5.41) is 3.39. The van der Waals surface area contributed by atoms with Crippen LogP contribution in [0.1, 0.15) is 26.2 Å². The largest absolute Gasteiger partial charge is 0.316 e. The van der Waals surface area contributed by atoms with Gasteiger partial charge in [0, 0.05) is 12.6 Å². The number of hydrogen-bond acceptors (Lipinski definition) is 3. The monoisotopic (exact) mass is 258 g/mol. The maximum Gasteiger partial charge on any atom is 0.214 e. The van der Waals surface area contributed by atoms with Gasteiger partial charge in [-0.25, -0.2) is 8.42 Å². The summed E-state index contributed by atoms with van der Waals surface area (Å²) in [6.07, 6.45) is 3.17. The lowest BCUT2D eigenvalue weighted by molar-refractivity contribution is 0.328. The van der Waals surface area contributed by atoms with Crippen LogP contribution in [-0.4, -0.2) is 44.2 Å². The van der Waals surface area contributed by atoms with Crippen molar-refractivity contribution in [2.75, 3.05) is 25.4 Å². The summed E-state index contributed by atoms with van der Waals surface area (Å²) in [7, 11) is -2.99. The van der Waals surface area contributed by atoms with E-state index in [1.54, 1.807) is 0 Å². The maximum atomic E-state index is 12.4. The highest BCUT2D eigenvalue weighted by atomic mass is 32.2. The number of nitrogens with one attached hydrogen (secondary N) is 1. The zero-order valence-corrected chi connectivity index (χ0v) is 11.2. The van der Waals surface area contributed by atoms with Crippen LogP contribution in [0.3, 0.4) is 0 Å². The third-order valence-corrected chi connectivity index (χ3v) is 6.62. The van der Waals surface area contributed by atoms with Gasteiger partial charge < -0.3 is 5.32 Å². The average Bonchev–Trinajstić information content (AvgIpc) is 2.82. The van der Waals surface area contributed by atoms with Gasteiger partial charge in [0.25, 0.3) is 0 Å². The summed E-state index contributed by atoms with van der Waals surface area (Å²) in [5.74, 6) is 1.95. The lowest BCUT2D eigenvalue weighted by Gasteiger charge is -2.26. The molecular formula is C12H22N2O2S. The highest BCUT2D eigenvalue weighted by Crippen LogP contribution is 2.38. The van der Waals surface area contributed by atoms with Gasteiger partial charge in [-0.05, 0) is 50.1 Å². The highest BCUT2D eigenvalue weighted by Gasteiger charge is 2.48. The van der Waals surface area contributed by atoms with Gasteiger partial charge in [-0.3, -0.25) is 0 Å². The highest BCUT2D eigenvalue weighted by molar-refractivity contribution is 7.89. The van der Waals surface area contributed by atoms with E-state index < -0.39 is 10.0 Å². The van der Waals surface area contributed by atoms with Crippen LogP contribution in [0.2, 0.25) is 0 Å². The van der Waals surface area contributed by atoms with E-state index in [0.29, 0.717) is 23.5 Å². The van der Waals surface area contributed by atoms with Gasteiger partial charge in [0.15, 0.2) is 0 Å². The second-order valence-electron chi connectivity index (χ2n) is 5.85. The van der Waals surface area contributed by atoms with E-state index in [1.807, 2.05) is 4.31 Å². The first-order chi connectivity index (χ1) is 8.12. The fourth-order valence-corrected chi connectivity index (χ4v) is 5.75. The standard InChI is InChI=1S/C12H22N2O2S/c1-2-12-11-6-13-5-10(11)7-14(12)17(15,16)8-9-3-4-9/h9-13H,2-8H2,1H3. The number of fused-ring (bicyclic) bond motifs is 1. The lowest BCUT2D eigenvalue weighted by atomic mass is 9.93. The summed E-state index contributed by atoms with van der Waals surface area (Å²) >= 11 is 0. The first-order valence-electron chi connectivity index (χ1n) is 6.82. The molecule has 1 aliphatic carbocycles. The van der Waals surface area contributed by atoms with Gasteiger partial charge in [-0.2, -0.15) is 4.31 Å². The Morgan fingerprint density at radius 3 is 2.71 bits per heavy atom. The molecule has 4 nitrogen and oxygen atoms in total. The number of rotatable bonds is 4. The van der Waals surface area contributed by atoms with Gasteiger partial charge in [0.05, 0.1) is 5.75 Å². The minimum Gasteiger partial charge on any atom is -0.316 e. The molecule has 2 heterocycles.